The van der Waals surface area contributed by atoms with Crippen molar-refractivity contribution in [1.82, 2.24) is 0 Å². The first-order chi connectivity index (χ1) is 10.6. The highest BCUT2D eigenvalue weighted by Gasteiger charge is 2.04. The Morgan fingerprint density at radius 3 is 2.18 bits per heavy atom. The first kappa shape index (κ1) is 16.0. The molecule has 22 heavy (non-hydrogen) atoms. The van der Waals surface area contributed by atoms with Crippen molar-refractivity contribution in [2.75, 3.05) is 12.4 Å². The summed E-state index contributed by atoms with van der Waals surface area (Å²) in [5, 5.41) is 2.98. The van der Waals surface area contributed by atoms with Gasteiger partial charge in [-0.3, -0.25) is 4.79 Å². The number of anilines is 1. The zero-order chi connectivity index (χ0) is 15.9. The van der Waals surface area contributed by atoms with Gasteiger partial charge in [0.25, 0.3) is 0 Å². The highest BCUT2D eigenvalue weighted by Crippen LogP contribution is 2.12. The minimum absolute atomic E-state index is 0.0915. The molecule has 0 bridgehead atoms. The summed E-state index contributed by atoms with van der Waals surface area (Å²) in [7, 11) is 1.34. The second-order valence-electron chi connectivity index (χ2n) is 4.42. The zero-order valence-corrected chi connectivity index (χ0v) is 13.5. The first-order valence-corrected chi connectivity index (χ1v) is 7.31. The zero-order valence-electron chi connectivity index (χ0n) is 11.9. The van der Waals surface area contributed by atoms with Crippen LogP contribution >= 0.6 is 15.9 Å². The van der Waals surface area contributed by atoms with E-state index in [2.05, 4.69) is 26.0 Å². The number of hydrogen-bond acceptors (Lipinski definition) is 4. The fourth-order valence-electron chi connectivity index (χ4n) is 1.74. The highest BCUT2D eigenvalue weighted by molar-refractivity contribution is 9.10. The number of allylic oxidation sites excluding steroid dienone is 1. The van der Waals surface area contributed by atoms with Crippen molar-refractivity contribution in [2.45, 2.75) is 0 Å². The molecule has 0 aliphatic carbocycles. The molecule has 5 heteroatoms. The van der Waals surface area contributed by atoms with Crippen molar-refractivity contribution >= 4 is 33.4 Å². The molecule has 4 nitrogen and oxygen atoms in total. The van der Waals surface area contributed by atoms with E-state index >= 15 is 0 Å². The third-order valence-corrected chi connectivity index (χ3v) is 3.45. The van der Waals surface area contributed by atoms with E-state index in [-0.39, 0.29) is 11.8 Å². The Balaban J connectivity index is 1.95. The van der Waals surface area contributed by atoms with Gasteiger partial charge in [0.05, 0.1) is 12.7 Å². The molecule has 2 aromatic carbocycles. The molecular weight excluding hydrogens is 346 g/mol. The molecule has 0 spiro atoms. The van der Waals surface area contributed by atoms with Crippen molar-refractivity contribution in [3.63, 3.8) is 0 Å². The molecular formula is C17H14BrNO3. The SMILES string of the molecule is COC(=O)c1ccc(NC=CC(=O)c2ccc(Br)cc2)cc1. The fourth-order valence-corrected chi connectivity index (χ4v) is 2.01. The topological polar surface area (TPSA) is 55.4 Å². The maximum absolute atomic E-state index is 11.9. The Labute approximate surface area is 136 Å². The van der Waals surface area contributed by atoms with Crippen LogP contribution < -0.4 is 5.32 Å². The normalized spacial score (nSPS) is 10.5. The minimum atomic E-state index is -0.382. The summed E-state index contributed by atoms with van der Waals surface area (Å²) in [5.41, 5.74) is 1.86. The molecule has 0 unspecified atom stereocenters. The number of benzene rings is 2. The van der Waals surface area contributed by atoms with Crippen molar-refractivity contribution < 1.29 is 14.3 Å². The van der Waals surface area contributed by atoms with Gasteiger partial charge in [0, 0.05) is 28.0 Å². The number of rotatable bonds is 5. The average molecular weight is 360 g/mol. The molecule has 2 aromatic rings. The molecule has 0 aliphatic heterocycles. The lowest BCUT2D eigenvalue weighted by Crippen LogP contribution is -2.01. The van der Waals surface area contributed by atoms with Crippen LogP contribution in [0.2, 0.25) is 0 Å². The molecule has 2 rings (SSSR count). The lowest BCUT2D eigenvalue weighted by Gasteiger charge is -2.02. The first-order valence-electron chi connectivity index (χ1n) is 6.51. The van der Waals surface area contributed by atoms with Crippen LogP contribution in [-0.4, -0.2) is 18.9 Å². The molecule has 0 aromatic heterocycles. The number of ether oxygens (including phenoxy) is 1. The molecule has 0 amide bonds. The smallest absolute Gasteiger partial charge is 0.337 e. The third kappa shape index (κ3) is 4.30. The highest BCUT2D eigenvalue weighted by atomic mass is 79.9. The van der Waals surface area contributed by atoms with Gasteiger partial charge in [-0.25, -0.2) is 4.79 Å². The molecule has 0 radical (unpaired) electrons. The predicted molar refractivity (Wildman–Crippen MR) is 89.0 cm³/mol. The number of halogens is 1. The van der Waals surface area contributed by atoms with Gasteiger partial charge in [-0.1, -0.05) is 15.9 Å². The van der Waals surface area contributed by atoms with Gasteiger partial charge in [-0.2, -0.15) is 0 Å². The lowest BCUT2D eigenvalue weighted by molar-refractivity contribution is 0.0600. The molecule has 0 atom stereocenters. The van der Waals surface area contributed by atoms with Crippen molar-refractivity contribution in [2.24, 2.45) is 0 Å². The van der Waals surface area contributed by atoms with E-state index in [0.717, 1.165) is 10.2 Å². The number of hydrogen-bond donors (Lipinski definition) is 1. The van der Waals surface area contributed by atoms with Crippen LogP contribution in [0.3, 0.4) is 0 Å². The molecule has 0 fully saturated rings. The monoisotopic (exact) mass is 359 g/mol. The Hall–Kier alpha value is -2.40. The van der Waals surface area contributed by atoms with Gasteiger partial charge in [0.15, 0.2) is 5.78 Å². The van der Waals surface area contributed by atoms with Gasteiger partial charge in [0.1, 0.15) is 0 Å². The van der Waals surface area contributed by atoms with Crippen LogP contribution in [0, 0.1) is 0 Å². The summed E-state index contributed by atoms with van der Waals surface area (Å²) in [6.45, 7) is 0. The maximum atomic E-state index is 11.9. The van der Waals surface area contributed by atoms with E-state index in [0.29, 0.717) is 11.1 Å². The summed E-state index contributed by atoms with van der Waals surface area (Å²) in [4.78, 5) is 23.2. The van der Waals surface area contributed by atoms with Crippen LogP contribution in [-0.2, 0) is 4.74 Å². The Morgan fingerprint density at radius 1 is 1.00 bits per heavy atom. The summed E-state index contributed by atoms with van der Waals surface area (Å²) in [5.74, 6) is -0.473. The predicted octanol–water partition coefficient (Wildman–Crippen LogP) is 4.04. The van der Waals surface area contributed by atoms with Gasteiger partial charge >= 0.3 is 5.97 Å². The molecule has 0 heterocycles. The van der Waals surface area contributed by atoms with E-state index in [1.807, 2.05) is 12.1 Å². The number of esters is 1. The molecule has 0 aliphatic rings. The third-order valence-electron chi connectivity index (χ3n) is 2.92. The quantitative estimate of drug-likeness (QED) is 0.497. The Morgan fingerprint density at radius 2 is 1.59 bits per heavy atom. The standard InChI is InChI=1S/C17H14BrNO3/c1-22-17(21)13-4-8-15(9-5-13)19-11-10-16(20)12-2-6-14(18)7-3-12/h2-11,19H,1H3. The van der Waals surface area contributed by atoms with Crippen molar-refractivity contribution in [1.29, 1.82) is 0 Å². The van der Waals surface area contributed by atoms with Crippen molar-refractivity contribution in [3.05, 3.63) is 76.4 Å². The van der Waals surface area contributed by atoms with Gasteiger partial charge < -0.3 is 10.1 Å². The van der Waals surface area contributed by atoms with E-state index in [4.69, 9.17) is 0 Å². The van der Waals surface area contributed by atoms with Gasteiger partial charge in [-0.15, -0.1) is 0 Å². The molecule has 1 N–H and O–H groups in total. The Kier molecular flexibility index (Phi) is 5.49. The second kappa shape index (κ2) is 7.56. The van der Waals surface area contributed by atoms with E-state index in [1.54, 1.807) is 42.6 Å². The lowest BCUT2D eigenvalue weighted by atomic mass is 10.1. The van der Waals surface area contributed by atoms with E-state index < -0.39 is 0 Å². The van der Waals surface area contributed by atoms with Crippen LogP contribution in [0.15, 0.2) is 65.3 Å². The molecule has 112 valence electrons. The number of methoxy groups -OCH3 is 1. The number of nitrogens with one attached hydrogen (secondary N) is 1. The van der Waals surface area contributed by atoms with Crippen LogP contribution in [0.4, 0.5) is 5.69 Å². The van der Waals surface area contributed by atoms with Crippen LogP contribution in [0.25, 0.3) is 0 Å². The van der Waals surface area contributed by atoms with Crippen LogP contribution in [0.5, 0.6) is 0 Å². The van der Waals surface area contributed by atoms with Crippen molar-refractivity contribution in [3.8, 4) is 0 Å². The fraction of sp³-hybridized carbons (Fsp3) is 0.0588. The van der Waals surface area contributed by atoms with Gasteiger partial charge in [0.2, 0.25) is 0 Å². The summed E-state index contributed by atoms with van der Waals surface area (Å²) in [6.07, 6.45) is 3.02. The number of ketones is 1. The second-order valence-corrected chi connectivity index (χ2v) is 5.33. The van der Waals surface area contributed by atoms with E-state index in [9.17, 15) is 9.59 Å². The molecule has 0 saturated heterocycles. The Bertz CT molecular complexity index is 691. The molecule has 0 saturated carbocycles. The van der Waals surface area contributed by atoms with Crippen LogP contribution in [0.1, 0.15) is 20.7 Å². The number of carbonyl (C=O) groups is 2. The minimum Gasteiger partial charge on any atom is -0.465 e. The summed E-state index contributed by atoms with van der Waals surface area (Å²) < 4.78 is 5.55. The van der Waals surface area contributed by atoms with E-state index in [1.165, 1.54) is 13.2 Å². The summed E-state index contributed by atoms with van der Waals surface area (Å²) >= 11 is 3.32. The van der Waals surface area contributed by atoms with Gasteiger partial charge in [-0.05, 0) is 48.5 Å². The average Bonchev–Trinajstić information content (AvgIpc) is 2.55. The maximum Gasteiger partial charge on any atom is 0.337 e. The number of carbonyl (C=O) groups excluding carboxylic acids is 2. The largest absolute Gasteiger partial charge is 0.465 e. The summed E-state index contributed by atoms with van der Waals surface area (Å²) in [6, 6.07) is 13.9.